The second-order valence-corrected chi connectivity index (χ2v) is 4.38. The third-order valence-corrected chi connectivity index (χ3v) is 3.21. The van der Waals surface area contributed by atoms with Crippen LogP contribution in [0.5, 0.6) is 0 Å². The molecule has 1 aromatic rings. The Kier molecular flexibility index (Phi) is 2.73. The summed E-state index contributed by atoms with van der Waals surface area (Å²) in [5, 5.41) is 1.97. The van der Waals surface area contributed by atoms with Crippen molar-refractivity contribution in [3.63, 3.8) is 0 Å². The van der Waals surface area contributed by atoms with E-state index in [0.717, 1.165) is 4.88 Å². The van der Waals surface area contributed by atoms with Crippen LogP contribution >= 0.6 is 11.3 Å². The second-order valence-electron chi connectivity index (χ2n) is 3.35. The van der Waals surface area contributed by atoms with Crippen molar-refractivity contribution in [2.24, 2.45) is 0 Å². The van der Waals surface area contributed by atoms with Gasteiger partial charge in [-0.3, -0.25) is 4.79 Å². The molecule has 80 valence electrons. The minimum atomic E-state index is -0.624. The lowest BCUT2D eigenvalue weighted by atomic mass is 10.3. The molecule has 1 atom stereocenters. The molecule has 2 amide bonds. The first-order valence-electron chi connectivity index (χ1n) is 4.73. The van der Waals surface area contributed by atoms with Crippen molar-refractivity contribution < 1.29 is 14.3 Å². The Bertz CT molecular complexity index is 374. The summed E-state index contributed by atoms with van der Waals surface area (Å²) >= 11 is 1.62. The minimum Gasteiger partial charge on any atom is -0.436 e. The van der Waals surface area contributed by atoms with E-state index in [-0.39, 0.29) is 5.91 Å². The first kappa shape index (κ1) is 10.2. The Morgan fingerprint density at radius 1 is 1.53 bits per heavy atom. The van der Waals surface area contributed by atoms with Crippen molar-refractivity contribution in [1.82, 2.24) is 4.90 Å². The molecule has 15 heavy (non-hydrogen) atoms. The number of amides is 2. The fourth-order valence-electron chi connectivity index (χ4n) is 1.45. The van der Waals surface area contributed by atoms with Gasteiger partial charge in [-0.25, -0.2) is 9.69 Å². The standard InChI is InChI=1S/C10H11NO3S/c1-7-9(12)11(10(13)14-7)5-4-8-3-2-6-15-8/h2-3,6-7H,4-5H2,1H3. The molecule has 5 heteroatoms. The van der Waals surface area contributed by atoms with Crippen molar-refractivity contribution in [2.75, 3.05) is 6.54 Å². The highest BCUT2D eigenvalue weighted by molar-refractivity contribution is 7.09. The van der Waals surface area contributed by atoms with Gasteiger partial charge in [-0.1, -0.05) is 6.07 Å². The lowest BCUT2D eigenvalue weighted by Gasteiger charge is -2.09. The van der Waals surface area contributed by atoms with Crippen LogP contribution < -0.4 is 0 Å². The van der Waals surface area contributed by atoms with Gasteiger partial charge in [0.05, 0.1) is 0 Å². The van der Waals surface area contributed by atoms with Crippen LogP contribution in [0.1, 0.15) is 11.8 Å². The maximum Gasteiger partial charge on any atom is 0.417 e. The summed E-state index contributed by atoms with van der Waals surface area (Å²) in [6, 6.07) is 3.94. The van der Waals surface area contributed by atoms with Crippen LogP contribution in [-0.2, 0) is 16.0 Å². The van der Waals surface area contributed by atoms with Crippen molar-refractivity contribution in [1.29, 1.82) is 0 Å². The third kappa shape index (κ3) is 2.02. The second kappa shape index (κ2) is 4.02. The van der Waals surface area contributed by atoms with E-state index >= 15 is 0 Å². The van der Waals surface area contributed by atoms with E-state index in [0.29, 0.717) is 13.0 Å². The normalized spacial score (nSPS) is 20.9. The van der Waals surface area contributed by atoms with E-state index in [2.05, 4.69) is 0 Å². The number of hydrogen-bond acceptors (Lipinski definition) is 4. The number of ether oxygens (including phenoxy) is 1. The molecule has 2 rings (SSSR count). The summed E-state index contributed by atoms with van der Waals surface area (Å²) in [7, 11) is 0. The van der Waals surface area contributed by atoms with Crippen LogP contribution in [0.2, 0.25) is 0 Å². The first-order valence-corrected chi connectivity index (χ1v) is 5.61. The monoisotopic (exact) mass is 225 g/mol. The van der Waals surface area contributed by atoms with Gasteiger partial charge in [0.15, 0.2) is 6.10 Å². The summed E-state index contributed by atoms with van der Waals surface area (Å²) < 4.78 is 4.80. The number of carbonyl (C=O) groups is 2. The highest BCUT2D eigenvalue weighted by Gasteiger charge is 2.36. The number of cyclic esters (lactones) is 1. The Hall–Kier alpha value is -1.36. The first-order chi connectivity index (χ1) is 7.18. The molecule has 1 saturated heterocycles. The molecular formula is C10H11NO3S. The lowest BCUT2D eigenvalue weighted by Crippen LogP contribution is -2.32. The molecular weight excluding hydrogens is 214 g/mol. The van der Waals surface area contributed by atoms with E-state index in [1.807, 2.05) is 17.5 Å². The van der Waals surface area contributed by atoms with Gasteiger partial charge in [-0.15, -0.1) is 11.3 Å². The molecule has 1 fully saturated rings. The summed E-state index contributed by atoms with van der Waals surface area (Å²) in [5.41, 5.74) is 0. The highest BCUT2D eigenvalue weighted by Crippen LogP contribution is 2.15. The van der Waals surface area contributed by atoms with Gasteiger partial charge in [-0.05, 0) is 18.4 Å². The summed E-state index contributed by atoms with van der Waals surface area (Å²) in [6.07, 6.45) is -0.449. The molecule has 0 saturated carbocycles. The number of imide groups is 1. The van der Waals surface area contributed by atoms with Gasteiger partial charge in [0.2, 0.25) is 0 Å². The molecule has 2 heterocycles. The van der Waals surface area contributed by atoms with E-state index in [1.165, 1.54) is 4.90 Å². The Balaban J connectivity index is 1.95. The SMILES string of the molecule is CC1OC(=O)N(CCc2cccs2)C1=O. The van der Waals surface area contributed by atoms with Gasteiger partial charge in [0.25, 0.3) is 5.91 Å². The third-order valence-electron chi connectivity index (χ3n) is 2.27. The molecule has 0 N–H and O–H groups in total. The van der Waals surface area contributed by atoms with Crippen LogP contribution in [0.4, 0.5) is 4.79 Å². The maximum absolute atomic E-state index is 11.5. The predicted molar refractivity (Wildman–Crippen MR) is 55.7 cm³/mol. The average Bonchev–Trinajstić information content (AvgIpc) is 2.76. The molecule has 1 unspecified atom stereocenters. The Morgan fingerprint density at radius 2 is 2.33 bits per heavy atom. The lowest BCUT2D eigenvalue weighted by molar-refractivity contribution is -0.129. The largest absolute Gasteiger partial charge is 0.436 e. The number of carbonyl (C=O) groups excluding carboxylic acids is 2. The smallest absolute Gasteiger partial charge is 0.417 e. The minimum absolute atomic E-state index is 0.239. The van der Waals surface area contributed by atoms with Crippen molar-refractivity contribution in [3.05, 3.63) is 22.4 Å². The molecule has 1 aliphatic rings. The highest BCUT2D eigenvalue weighted by atomic mass is 32.1. The topological polar surface area (TPSA) is 46.6 Å². The van der Waals surface area contributed by atoms with E-state index in [1.54, 1.807) is 18.3 Å². The zero-order valence-corrected chi connectivity index (χ0v) is 9.12. The molecule has 0 aromatic carbocycles. The maximum atomic E-state index is 11.5. The van der Waals surface area contributed by atoms with Crippen LogP contribution in [0.15, 0.2) is 17.5 Å². The van der Waals surface area contributed by atoms with Crippen LogP contribution in [0.3, 0.4) is 0 Å². The number of nitrogens with zero attached hydrogens (tertiary/aromatic N) is 1. The fourth-order valence-corrected chi connectivity index (χ4v) is 2.15. The zero-order valence-electron chi connectivity index (χ0n) is 8.30. The van der Waals surface area contributed by atoms with Gasteiger partial charge in [0.1, 0.15) is 0 Å². The fraction of sp³-hybridized carbons (Fsp3) is 0.400. The van der Waals surface area contributed by atoms with Crippen LogP contribution in [0.25, 0.3) is 0 Å². The summed E-state index contributed by atoms with van der Waals surface area (Å²) in [4.78, 5) is 25.0. The molecule has 4 nitrogen and oxygen atoms in total. The van der Waals surface area contributed by atoms with E-state index in [4.69, 9.17) is 4.74 Å². The Labute approximate surface area is 91.5 Å². The quantitative estimate of drug-likeness (QED) is 0.786. The van der Waals surface area contributed by atoms with Gasteiger partial charge >= 0.3 is 6.09 Å². The van der Waals surface area contributed by atoms with Crippen molar-refractivity contribution >= 4 is 23.3 Å². The number of thiophene rings is 1. The Morgan fingerprint density at radius 3 is 2.87 bits per heavy atom. The molecule has 0 aliphatic carbocycles. The molecule has 1 aliphatic heterocycles. The zero-order chi connectivity index (χ0) is 10.8. The summed E-state index contributed by atoms with van der Waals surface area (Å²) in [6.45, 7) is 1.99. The van der Waals surface area contributed by atoms with E-state index < -0.39 is 12.2 Å². The van der Waals surface area contributed by atoms with Gasteiger partial charge in [0, 0.05) is 17.8 Å². The van der Waals surface area contributed by atoms with Crippen LogP contribution in [-0.4, -0.2) is 29.5 Å². The molecule has 0 bridgehead atoms. The molecule has 0 radical (unpaired) electrons. The predicted octanol–water partition coefficient (Wildman–Crippen LogP) is 1.66. The number of rotatable bonds is 3. The van der Waals surface area contributed by atoms with Gasteiger partial charge < -0.3 is 4.74 Å². The van der Waals surface area contributed by atoms with E-state index in [9.17, 15) is 9.59 Å². The summed E-state index contributed by atoms with van der Waals surface area (Å²) in [5.74, 6) is -0.239. The average molecular weight is 225 g/mol. The molecule has 0 spiro atoms. The van der Waals surface area contributed by atoms with Crippen molar-refractivity contribution in [2.45, 2.75) is 19.4 Å². The van der Waals surface area contributed by atoms with Gasteiger partial charge in [-0.2, -0.15) is 0 Å². The molecule has 1 aromatic heterocycles. The van der Waals surface area contributed by atoms with Crippen molar-refractivity contribution in [3.8, 4) is 0 Å². The van der Waals surface area contributed by atoms with Crippen LogP contribution in [0, 0.1) is 0 Å². The number of hydrogen-bond donors (Lipinski definition) is 0.